The Hall–Kier alpha value is -1.45. The molecule has 0 spiro atoms. The van der Waals surface area contributed by atoms with E-state index in [1.807, 2.05) is 13.8 Å². The lowest BCUT2D eigenvalue weighted by atomic mass is 10.2. The largest absolute Gasteiger partial charge is 0.349 e. The van der Waals surface area contributed by atoms with E-state index >= 15 is 0 Å². The van der Waals surface area contributed by atoms with Crippen LogP contribution in [0.5, 0.6) is 0 Å². The van der Waals surface area contributed by atoms with Crippen molar-refractivity contribution in [3.63, 3.8) is 0 Å². The fourth-order valence-corrected chi connectivity index (χ4v) is 0.966. The average Bonchev–Trinajstić information content (AvgIpc) is 2.08. The highest BCUT2D eigenvalue weighted by atomic mass is 19.1. The predicted molar refractivity (Wildman–Crippen MR) is 51.5 cm³/mol. The van der Waals surface area contributed by atoms with Crippen LogP contribution in [-0.2, 0) is 0 Å². The zero-order valence-corrected chi connectivity index (χ0v) is 8.47. The minimum absolute atomic E-state index is 0.0219. The van der Waals surface area contributed by atoms with Gasteiger partial charge in [-0.15, -0.1) is 0 Å². The molecule has 4 heteroatoms. The first kappa shape index (κ1) is 10.6. The Bertz CT molecular complexity index is 350. The quantitative estimate of drug-likeness (QED) is 0.731. The average molecular weight is 196 g/mol. The van der Waals surface area contributed by atoms with Crippen LogP contribution in [-0.4, -0.2) is 16.9 Å². The van der Waals surface area contributed by atoms with E-state index in [-0.39, 0.29) is 17.6 Å². The Labute approximate surface area is 82.4 Å². The number of halogens is 1. The van der Waals surface area contributed by atoms with Crippen molar-refractivity contribution in [3.05, 3.63) is 29.3 Å². The molecule has 1 heterocycles. The van der Waals surface area contributed by atoms with E-state index in [0.717, 1.165) is 0 Å². The lowest BCUT2D eigenvalue weighted by Crippen LogP contribution is -2.30. The molecule has 1 rings (SSSR count). The third kappa shape index (κ3) is 2.52. The van der Waals surface area contributed by atoms with Gasteiger partial charge in [-0.05, 0) is 26.8 Å². The highest BCUT2D eigenvalue weighted by Gasteiger charge is 2.10. The van der Waals surface area contributed by atoms with Crippen LogP contribution in [0.3, 0.4) is 0 Å². The van der Waals surface area contributed by atoms with E-state index < -0.39 is 5.95 Å². The van der Waals surface area contributed by atoms with Crippen LogP contribution in [0.25, 0.3) is 0 Å². The molecule has 0 saturated heterocycles. The summed E-state index contributed by atoms with van der Waals surface area (Å²) in [4.78, 5) is 14.9. The Balaban J connectivity index is 2.86. The maximum Gasteiger partial charge on any atom is 0.270 e. The highest BCUT2D eigenvalue weighted by Crippen LogP contribution is 2.04. The minimum Gasteiger partial charge on any atom is -0.349 e. The van der Waals surface area contributed by atoms with Crippen molar-refractivity contribution in [1.82, 2.24) is 10.3 Å². The lowest BCUT2D eigenvalue weighted by Gasteiger charge is -2.07. The van der Waals surface area contributed by atoms with Gasteiger partial charge in [0.25, 0.3) is 5.91 Å². The van der Waals surface area contributed by atoms with Crippen LogP contribution in [0.2, 0.25) is 0 Å². The molecular weight excluding hydrogens is 183 g/mol. The maximum atomic E-state index is 13.0. The molecule has 1 amide bonds. The first-order chi connectivity index (χ1) is 6.50. The molecule has 14 heavy (non-hydrogen) atoms. The van der Waals surface area contributed by atoms with Gasteiger partial charge < -0.3 is 5.32 Å². The van der Waals surface area contributed by atoms with Crippen LogP contribution >= 0.6 is 0 Å². The fraction of sp³-hybridized carbons (Fsp3) is 0.400. The van der Waals surface area contributed by atoms with Gasteiger partial charge in [0.2, 0.25) is 5.95 Å². The number of carbonyl (C=O) groups is 1. The summed E-state index contributed by atoms with van der Waals surface area (Å²) >= 11 is 0. The molecule has 0 unspecified atom stereocenters. The van der Waals surface area contributed by atoms with Crippen molar-refractivity contribution in [1.29, 1.82) is 0 Å². The van der Waals surface area contributed by atoms with Crippen molar-refractivity contribution in [2.24, 2.45) is 0 Å². The zero-order valence-electron chi connectivity index (χ0n) is 8.47. The van der Waals surface area contributed by atoms with Gasteiger partial charge in [-0.1, -0.05) is 6.07 Å². The Morgan fingerprint density at radius 1 is 1.50 bits per heavy atom. The van der Waals surface area contributed by atoms with Crippen LogP contribution in [0.4, 0.5) is 4.39 Å². The summed E-state index contributed by atoms with van der Waals surface area (Å²) in [5.41, 5.74) is 0.549. The summed E-state index contributed by atoms with van der Waals surface area (Å²) in [6.45, 7) is 5.28. The van der Waals surface area contributed by atoms with Crippen LogP contribution in [0.1, 0.15) is 29.9 Å². The number of aromatic nitrogens is 1. The lowest BCUT2D eigenvalue weighted by molar-refractivity contribution is 0.0937. The summed E-state index contributed by atoms with van der Waals surface area (Å²) < 4.78 is 13.0. The van der Waals surface area contributed by atoms with E-state index in [4.69, 9.17) is 0 Å². The second-order valence-electron chi connectivity index (χ2n) is 3.43. The van der Waals surface area contributed by atoms with Crippen LogP contribution in [0.15, 0.2) is 12.1 Å². The molecule has 0 fully saturated rings. The third-order valence-electron chi connectivity index (χ3n) is 1.69. The summed E-state index contributed by atoms with van der Waals surface area (Å²) in [6, 6.07) is 3.07. The Kier molecular flexibility index (Phi) is 3.17. The molecule has 3 nitrogen and oxygen atoms in total. The fourth-order valence-electron chi connectivity index (χ4n) is 0.966. The summed E-state index contributed by atoms with van der Waals surface area (Å²) in [6.07, 6.45) is 0. The number of amides is 1. The highest BCUT2D eigenvalue weighted by molar-refractivity contribution is 5.92. The number of pyridine rings is 1. The summed E-state index contributed by atoms with van der Waals surface area (Å²) in [5, 5.41) is 2.64. The second kappa shape index (κ2) is 4.17. The molecule has 0 radical (unpaired) electrons. The molecule has 1 aromatic heterocycles. The van der Waals surface area contributed by atoms with E-state index in [2.05, 4.69) is 10.3 Å². The maximum absolute atomic E-state index is 13.0. The molecule has 0 bridgehead atoms. The SMILES string of the molecule is Cc1ccc(C(=O)NC(C)C)nc1F. The number of hydrogen-bond donors (Lipinski definition) is 1. The number of aryl methyl sites for hydroxylation is 1. The molecule has 1 aromatic rings. The van der Waals surface area contributed by atoms with E-state index in [1.54, 1.807) is 6.92 Å². The van der Waals surface area contributed by atoms with Gasteiger partial charge in [-0.25, -0.2) is 4.98 Å². The van der Waals surface area contributed by atoms with Gasteiger partial charge in [-0.3, -0.25) is 4.79 Å². The van der Waals surface area contributed by atoms with Crippen molar-refractivity contribution >= 4 is 5.91 Å². The number of nitrogens with one attached hydrogen (secondary N) is 1. The van der Waals surface area contributed by atoms with Gasteiger partial charge in [0.1, 0.15) is 5.69 Å². The minimum atomic E-state index is -0.596. The number of rotatable bonds is 2. The van der Waals surface area contributed by atoms with Crippen LogP contribution in [0, 0.1) is 12.9 Å². The van der Waals surface area contributed by atoms with Gasteiger partial charge in [-0.2, -0.15) is 4.39 Å². The normalized spacial score (nSPS) is 10.4. The molecule has 0 aliphatic heterocycles. The van der Waals surface area contributed by atoms with Gasteiger partial charge in [0.15, 0.2) is 0 Å². The Morgan fingerprint density at radius 2 is 2.14 bits per heavy atom. The zero-order chi connectivity index (χ0) is 10.7. The molecule has 76 valence electrons. The summed E-state index contributed by atoms with van der Waals surface area (Å²) in [7, 11) is 0. The van der Waals surface area contributed by atoms with Crippen molar-refractivity contribution in [3.8, 4) is 0 Å². The first-order valence-corrected chi connectivity index (χ1v) is 4.44. The van der Waals surface area contributed by atoms with E-state index in [0.29, 0.717) is 5.56 Å². The molecule has 0 aliphatic carbocycles. The first-order valence-electron chi connectivity index (χ1n) is 4.44. The smallest absolute Gasteiger partial charge is 0.270 e. The summed E-state index contributed by atoms with van der Waals surface area (Å²) in [5.74, 6) is -0.944. The molecule has 0 aliphatic rings. The second-order valence-corrected chi connectivity index (χ2v) is 3.43. The van der Waals surface area contributed by atoms with Crippen molar-refractivity contribution in [2.45, 2.75) is 26.8 Å². The van der Waals surface area contributed by atoms with E-state index in [9.17, 15) is 9.18 Å². The standard InChI is InChI=1S/C10H13FN2O/c1-6(2)12-10(14)8-5-4-7(3)9(11)13-8/h4-6H,1-3H3,(H,12,14). The van der Waals surface area contributed by atoms with Crippen LogP contribution < -0.4 is 5.32 Å². The van der Waals surface area contributed by atoms with E-state index in [1.165, 1.54) is 12.1 Å². The van der Waals surface area contributed by atoms with Gasteiger partial charge in [0, 0.05) is 11.6 Å². The van der Waals surface area contributed by atoms with Gasteiger partial charge in [0.05, 0.1) is 0 Å². The topological polar surface area (TPSA) is 42.0 Å². The Morgan fingerprint density at radius 3 is 2.64 bits per heavy atom. The monoisotopic (exact) mass is 196 g/mol. The molecular formula is C10H13FN2O. The predicted octanol–water partition coefficient (Wildman–Crippen LogP) is 1.67. The molecule has 0 atom stereocenters. The molecule has 0 aromatic carbocycles. The van der Waals surface area contributed by atoms with Crippen molar-refractivity contribution in [2.75, 3.05) is 0 Å². The van der Waals surface area contributed by atoms with Crippen molar-refractivity contribution < 1.29 is 9.18 Å². The number of carbonyl (C=O) groups excluding carboxylic acids is 1. The number of hydrogen-bond acceptors (Lipinski definition) is 2. The third-order valence-corrected chi connectivity index (χ3v) is 1.69. The molecule has 0 saturated carbocycles. The molecule has 1 N–H and O–H groups in total. The number of nitrogens with zero attached hydrogens (tertiary/aromatic N) is 1. The van der Waals surface area contributed by atoms with Gasteiger partial charge >= 0.3 is 0 Å².